The molecule has 2 heterocycles. The summed E-state index contributed by atoms with van der Waals surface area (Å²) in [6, 6.07) is 39.6. The number of benzene rings is 6. The summed E-state index contributed by atoms with van der Waals surface area (Å²) in [5.74, 6) is -0.329. The van der Waals surface area contributed by atoms with Crippen LogP contribution in [0.5, 0.6) is 0 Å². The minimum absolute atomic E-state index is 0.132. The van der Waals surface area contributed by atoms with Crippen molar-refractivity contribution in [2.45, 2.75) is 38.5 Å². The second-order valence-corrected chi connectivity index (χ2v) is 13.8. The van der Waals surface area contributed by atoms with E-state index in [4.69, 9.17) is 0 Å². The van der Waals surface area contributed by atoms with Gasteiger partial charge in [0.1, 0.15) is 13.1 Å². The van der Waals surface area contributed by atoms with Crippen molar-refractivity contribution in [3.63, 3.8) is 0 Å². The Labute approximate surface area is 340 Å². The maximum atomic E-state index is 13.2. The third-order valence-electron chi connectivity index (χ3n) is 9.64. The van der Waals surface area contributed by atoms with Gasteiger partial charge < -0.3 is 19.8 Å². The highest BCUT2D eigenvalue weighted by molar-refractivity contribution is 5.81. The lowest BCUT2D eigenvalue weighted by Gasteiger charge is -2.13. The number of hydrogen-bond donors (Lipinski definition) is 2. The molecule has 304 valence electrons. The Morgan fingerprint density at radius 3 is 1.50 bits per heavy atom. The molecule has 0 fully saturated rings. The van der Waals surface area contributed by atoms with E-state index in [1.165, 1.54) is 18.2 Å². The summed E-state index contributed by atoms with van der Waals surface area (Å²) in [6.45, 7) is 0.904. The zero-order valence-corrected chi connectivity index (χ0v) is 31.7. The molecule has 2 N–H and O–H groups in total. The summed E-state index contributed by atoms with van der Waals surface area (Å²) in [4.78, 5) is 33.1. The van der Waals surface area contributed by atoms with Crippen LogP contribution in [0.3, 0.4) is 0 Å². The van der Waals surface area contributed by atoms with Crippen molar-refractivity contribution in [3.05, 3.63) is 181 Å². The number of fused-ring (bicyclic) bond motifs is 2. The number of nitrogens with one attached hydrogen (secondary N) is 2. The number of aromatic nitrogens is 4. The molecule has 8 nitrogen and oxygen atoms in total. The normalized spacial score (nSPS) is 11.6. The number of alkyl halides is 6. The van der Waals surface area contributed by atoms with Crippen molar-refractivity contribution in [3.8, 4) is 22.3 Å². The highest BCUT2D eigenvalue weighted by atomic mass is 19.4. The molecule has 0 unspecified atom stereocenters. The number of imidazole rings is 2. The number of nitrogens with zero attached hydrogens (tertiary/aromatic N) is 4. The standard InChI is InChI=1S/2C23H18F3N3O/c24-23(25,26)19-5-3-4-18(12-19)17-10-8-16(9-11-17)13-27-22(30)14-29-15-28-20-6-1-2-7-21(20)29;24-23(25,26)19-6-2-1-5-18(19)17-11-9-16(10-12-17)13-27-22(30)14-29-15-28-20-7-3-4-8-21(20)29/h2*1-12,15H,13-14H2,(H,27,30). The average molecular weight is 819 g/mol. The Morgan fingerprint density at radius 2 is 0.983 bits per heavy atom. The van der Waals surface area contributed by atoms with Gasteiger partial charge in [-0.3, -0.25) is 9.59 Å². The smallest absolute Gasteiger partial charge is 0.350 e. The van der Waals surface area contributed by atoms with E-state index in [9.17, 15) is 35.9 Å². The van der Waals surface area contributed by atoms with Gasteiger partial charge in [0, 0.05) is 13.1 Å². The van der Waals surface area contributed by atoms with Gasteiger partial charge in [-0.05, 0) is 75.8 Å². The van der Waals surface area contributed by atoms with Gasteiger partial charge in [0.15, 0.2) is 0 Å². The zero-order chi connectivity index (χ0) is 42.3. The molecule has 14 heteroatoms. The van der Waals surface area contributed by atoms with E-state index < -0.39 is 23.5 Å². The van der Waals surface area contributed by atoms with Crippen LogP contribution in [-0.4, -0.2) is 30.9 Å². The van der Waals surface area contributed by atoms with Crippen molar-refractivity contribution in [2.24, 2.45) is 0 Å². The Balaban J connectivity index is 0.000000181. The van der Waals surface area contributed by atoms with E-state index in [0.717, 1.165) is 51.4 Å². The van der Waals surface area contributed by atoms with Crippen LogP contribution < -0.4 is 10.6 Å². The Bertz CT molecular complexity index is 2740. The van der Waals surface area contributed by atoms with Gasteiger partial charge >= 0.3 is 12.4 Å². The average Bonchev–Trinajstić information content (AvgIpc) is 3.86. The lowest BCUT2D eigenvalue weighted by Crippen LogP contribution is -2.26. The number of carbonyl (C=O) groups excluding carboxylic acids is 2. The van der Waals surface area contributed by atoms with Crippen LogP contribution in [0.1, 0.15) is 22.3 Å². The summed E-state index contributed by atoms with van der Waals surface area (Å²) in [5, 5.41) is 5.68. The molecule has 8 aromatic rings. The molecule has 0 aliphatic heterocycles. The first kappa shape index (κ1) is 41.0. The first-order chi connectivity index (χ1) is 28.8. The quantitative estimate of drug-likeness (QED) is 0.134. The molecule has 6 aromatic carbocycles. The predicted octanol–water partition coefficient (Wildman–Crippen LogP) is 10.1. The molecule has 0 spiro atoms. The van der Waals surface area contributed by atoms with Crippen LogP contribution >= 0.6 is 0 Å². The summed E-state index contributed by atoms with van der Waals surface area (Å²) in [7, 11) is 0. The Kier molecular flexibility index (Phi) is 12.1. The van der Waals surface area contributed by atoms with E-state index in [1.807, 2.05) is 48.5 Å². The summed E-state index contributed by atoms with van der Waals surface area (Å²) in [5.41, 5.74) is 5.50. The van der Waals surface area contributed by atoms with Crippen LogP contribution in [0, 0.1) is 0 Å². The van der Waals surface area contributed by atoms with Gasteiger partial charge in [0.25, 0.3) is 0 Å². The van der Waals surface area contributed by atoms with Crippen LogP contribution in [0.2, 0.25) is 0 Å². The minimum atomic E-state index is -4.42. The molecule has 0 aliphatic carbocycles. The molecule has 2 aromatic heterocycles. The highest BCUT2D eigenvalue weighted by Gasteiger charge is 2.33. The fraction of sp³-hybridized carbons (Fsp3) is 0.130. The SMILES string of the molecule is O=C(Cn1cnc2ccccc21)NCc1ccc(-c2cccc(C(F)(F)F)c2)cc1.O=C(Cn1cnc2ccccc21)NCc1ccc(-c2ccccc2C(F)(F)F)cc1. The topological polar surface area (TPSA) is 93.8 Å². The summed E-state index contributed by atoms with van der Waals surface area (Å²) >= 11 is 0. The Morgan fingerprint density at radius 1 is 0.500 bits per heavy atom. The second kappa shape index (κ2) is 17.7. The molecule has 60 heavy (non-hydrogen) atoms. The predicted molar refractivity (Wildman–Crippen MR) is 217 cm³/mol. The summed E-state index contributed by atoms with van der Waals surface area (Å²) in [6.07, 6.45) is -5.53. The minimum Gasteiger partial charge on any atom is -0.350 e. The number of carbonyl (C=O) groups is 2. The molecule has 0 bridgehead atoms. The van der Waals surface area contributed by atoms with Crippen LogP contribution in [0.15, 0.2) is 158 Å². The molecule has 0 atom stereocenters. The fourth-order valence-corrected chi connectivity index (χ4v) is 6.57. The number of halogens is 6. The maximum absolute atomic E-state index is 13.2. The second-order valence-electron chi connectivity index (χ2n) is 13.8. The molecular weight excluding hydrogens is 783 g/mol. The van der Waals surface area contributed by atoms with Gasteiger partial charge in [-0.2, -0.15) is 26.3 Å². The Hall–Kier alpha value is -7.22. The van der Waals surface area contributed by atoms with E-state index in [1.54, 1.807) is 82.5 Å². The molecule has 0 radical (unpaired) electrons. The lowest BCUT2D eigenvalue weighted by molar-refractivity contribution is -0.138. The van der Waals surface area contributed by atoms with E-state index in [-0.39, 0.29) is 37.0 Å². The van der Waals surface area contributed by atoms with Crippen molar-refractivity contribution >= 4 is 33.9 Å². The lowest BCUT2D eigenvalue weighted by atomic mass is 9.98. The summed E-state index contributed by atoms with van der Waals surface area (Å²) < 4.78 is 81.9. The zero-order valence-electron chi connectivity index (χ0n) is 31.7. The van der Waals surface area contributed by atoms with E-state index >= 15 is 0 Å². The van der Waals surface area contributed by atoms with E-state index in [0.29, 0.717) is 23.2 Å². The number of amides is 2. The van der Waals surface area contributed by atoms with Crippen molar-refractivity contribution < 1.29 is 35.9 Å². The van der Waals surface area contributed by atoms with Crippen molar-refractivity contribution in [1.29, 1.82) is 0 Å². The first-order valence-corrected chi connectivity index (χ1v) is 18.7. The molecular formula is C46H36F6N6O2. The molecule has 0 aliphatic rings. The first-order valence-electron chi connectivity index (χ1n) is 18.7. The van der Waals surface area contributed by atoms with Gasteiger partial charge in [-0.1, -0.05) is 103 Å². The van der Waals surface area contributed by atoms with Crippen LogP contribution in [-0.2, 0) is 48.1 Å². The van der Waals surface area contributed by atoms with Gasteiger partial charge in [0.2, 0.25) is 11.8 Å². The van der Waals surface area contributed by atoms with E-state index in [2.05, 4.69) is 20.6 Å². The van der Waals surface area contributed by atoms with Crippen molar-refractivity contribution in [1.82, 2.24) is 29.7 Å². The van der Waals surface area contributed by atoms with Crippen molar-refractivity contribution in [2.75, 3.05) is 0 Å². The van der Waals surface area contributed by atoms with Crippen LogP contribution in [0.4, 0.5) is 26.3 Å². The molecule has 0 saturated heterocycles. The monoisotopic (exact) mass is 818 g/mol. The van der Waals surface area contributed by atoms with Gasteiger partial charge in [-0.15, -0.1) is 0 Å². The van der Waals surface area contributed by atoms with Gasteiger partial charge in [-0.25, -0.2) is 9.97 Å². The third-order valence-corrected chi connectivity index (χ3v) is 9.64. The molecule has 8 rings (SSSR count). The largest absolute Gasteiger partial charge is 0.417 e. The number of rotatable bonds is 10. The van der Waals surface area contributed by atoms with Gasteiger partial charge in [0.05, 0.1) is 45.8 Å². The fourth-order valence-electron chi connectivity index (χ4n) is 6.57. The number of hydrogen-bond acceptors (Lipinski definition) is 4. The van der Waals surface area contributed by atoms with Crippen LogP contribution in [0.25, 0.3) is 44.3 Å². The third kappa shape index (κ3) is 10.1. The number of para-hydroxylation sites is 4. The maximum Gasteiger partial charge on any atom is 0.417 e. The molecule has 0 saturated carbocycles. The highest BCUT2D eigenvalue weighted by Crippen LogP contribution is 2.37. The molecule has 2 amide bonds.